The average molecular weight is 245 g/mol. The summed E-state index contributed by atoms with van der Waals surface area (Å²) in [6, 6.07) is 0. The highest BCUT2D eigenvalue weighted by atomic mass is 15.4. The molecule has 4 saturated carbocycles. The summed E-state index contributed by atoms with van der Waals surface area (Å²) in [4.78, 5) is 7.00. The molecule has 0 aromatic heterocycles. The Bertz CT molecular complexity index is 384. The van der Waals surface area contributed by atoms with E-state index in [0.29, 0.717) is 0 Å². The minimum absolute atomic E-state index is 0.270. The second kappa shape index (κ2) is 3.52. The van der Waals surface area contributed by atoms with Crippen molar-refractivity contribution in [3.63, 3.8) is 0 Å². The van der Waals surface area contributed by atoms with Gasteiger partial charge in [0.2, 0.25) is 0 Å². The predicted molar refractivity (Wildman–Crippen MR) is 73.2 cm³/mol. The molecule has 1 spiro atoms. The number of hydrogen-bond donors (Lipinski definition) is 1. The van der Waals surface area contributed by atoms with Gasteiger partial charge in [0, 0.05) is 6.54 Å². The topological polar surface area (TPSA) is 41.6 Å². The van der Waals surface area contributed by atoms with Gasteiger partial charge < -0.3 is 10.6 Å². The molecule has 4 fully saturated rings. The van der Waals surface area contributed by atoms with Crippen LogP contribution in [0.4, 0.5) is 0 Å². The van der Waals surface area contributed by atoms with Crippen molar-refractivity contribution in [2.75, 3.05) is 13.1 Å². The van der Waals surface area contributed by atoms with Gasteiger partial charge in [0.25, 0.3) is 0 Å². The lowest BCUT2D eigenvalue weighted by atomic mass is 9.48. The molecule has 98 valence electrons. The van der Waals surface area contributed by atoms with Gasteiger partial charge in [-0.3, -0.25) is 4.99 Å². The van der Waals surface area contributed by atoms with E-state index in [4.69, 9.17) is 5.73 Å². The zero-order chi connectivity index (χ0) is 12.3. The molecule has 3 heteroatoms. The lowest BCUT2D eigenvalue weighted by Gasteiger charge is -2.62. The Labute approximate surface area is 109 Å². The minimum atomic E-state index is 0.270. The molecule has 5 rings (SSSR count). The average Bonchev–Trinajstić information content (AvgIpc) is 2.66. The number of nitrogens with zero attached hydrogens (tertiary/aromatic N) is 2. The Kier molecular flexibility index (Phi) is 2.13. The highest BCUT2D eigenvalue weighted by molar-refractivity contribution is 5.81. The minimum Gasteiger partial charge on any atom is -0.370 e. The van der Waals surface area contributed by atoms with Crippen molar-refractivity contribution >= 4 is 5.96 Å². The maximum atomic E-state index is 6.15. The zero-order valence-corrected chi connectivity index (χ0v) is 11.0. The van der Waals surface area contributed by atoms with E-state index in [9.17, 15) is 0 Å². The van der Waals surface area contributed by atoms with Crippen LogP contribution in [-0.4, -0.2) is 29.5 Å². The third-order valence-electron chi connectivity index (χ3n) is 6.14. The van der Waals surface area contributed by atoms with Gasteiger partial charge >= 0.3 is 0 Å². The van der Waals surface area contributed by atoms with Crippen LogP contribution in [0.2, 0.25) is 0 Å². The highest BCUT2D eigenvalue weighted by Gasteiger charge is 2.61. The molecular formula is C15H23N3. The summed E-state index contributed by atoms with van der Waals surface area (Å²) in [6.07, 6.45) is 9.17. The third kappa shape index (κ3) is 1.18. The first-order chi connectivity index (χ1) is 8.74. The summed E-state index contributed by atoms with van der Waals surface area (Å²) in [5.74, 6) is 4.44. The number of nitrogens with two attached hydrogens (primary N) is 1. The maximum Gasteiger partial charge on any atom is 0.192 e. The van der Waals surface area contributed by atoms with Crippen LogP contribution in [0.3, 0.4) is 0 Å². The smallest absolute Gasteiger partial charge is 0.192 e. The lowest BCUT2D eigenvalue weighted by molar-refractivity contribution is -0.0988. The molecule has 0 unspecified atom stereocenters. The van der Waals surface area contributed by atoms with Crippen LogP contribution in [0, 0.1) is 23.7 Å². The van der Waals surface area contributed by atoms with Crippen molar-refractivity contribution in [3.05, 3.63) is 12.7 Å². The van der Waals surface area contributed by atoms with Crippen molar-refractivity contribution in [2.45, 2.75) is 37.6 Å². The van der Waals surface area contributed by atoms with Crippen molar-refractivity contribution in [1.82, 2.24) is 4.90 Å². The fraction of sp³-hybridized carbons (Fsp3) is 0.800. The molecule has 0 radical (unpaired) electrons. The molecule has 0 aromatic carbocycles. The fourth-order valence-corrected chi connectivity index (χ4v) is 5.68. The molecule has 0 amide bonds. The number of aliphatic imine (C=N–C) groups is 1. The van der Waals surface area contributed by atoms with E-state index in [1.54, 1.807) is 0 Å². The monoisotopic (exact) mass is 245 g/mol. The molecule has 18 heavy (non-hydrogen) atoms. The molecule has 1 heterocycles. The van der Waals surface area contributed by atoms with Gasteiger partial charge in [0.15, 0.2) is 5.96 Å². The van der Waals surface area contributed by atoms with Crippen LogP contribution < -0.4 is 5.73 Å². The van der Waals surface area contributed by atoms with Crippen molar-refractivity contribution in [2.24, 2.45) is 34.4 Å². The molecular weight excluding hydrogens is 222 g/mol. The summed E-state index contributed by atoms with van der Waals surface area (Å²) in [6.45, 7) is 5.72. The summed E-state index contributed by atoms with van der Waals surface area (Å²) in [5.41, 5.74) is 6.42. The van der Waals surface area contributed by atoms with E-state index >= 15 is 0 Å². The maximum absolute atomic E-state index is 6.15. The van der Waals surface area contributed by atoms with Gasteiger partial charge in [0.05, 0.1) is 12.1 Å². The van der Waals surface area contributed by atoms with E-state index in [-0.39, 0.29) is 5.54 Å². The number of hydrogen-bond acceptors (Lipinski definition) is 3. The Morgan fingerprint density at radius 2 is 1.83 bits per heavy atom. The molecule has 3 nitrogen and oxygen atoms in total. The van der Waals surface area contributed by atoms with Crippen LogP contribution in [0.25, 0.3) is 0 Å². The first-order valence-corrected chi connectivity index (χ1v) is 7.42. The normalized spacial score (nSPS) is 48.9. The van der Waals surface area contributed by atoms with Gasteiger partial charge in [-0.05, 0) is 55.8 Å². The molecule has 2 N–H and O–H groups in total. The van der Waals surface area contributed by atoms with Crippen molar-refractivity contribution in [3.8, 4) is 0 Å². The van der Waals surface area contributed by atoms with Crippen molar-refractivity contribution in [1.29, 1.82) is 0 Å². The summed E-state index contributed by atoms with van der Waals surface area (Å²) < 4.78 is 0. The first-order valence-electron chi connectivity index (χ1n) is 7.42. The Morgan fingerprint density at radius 1 is 1.22 bits per heavy atom. The quantitative estimate of drug-likeness (QED) is 0.756. The zero-order valence-electron chi connectivity index (χ0n) is 11.0. The van der Waals surface area contributed by atoms with Gasteiger partial charge in [-0.25, -0.2) is 0 Å². The lowest BCUT2D eigenvalue weighted by Crippen LogP contribution is -2.67. The van der Waals surface area contributed by atoms with E-state index in [1.807, 2.05) is 6.08 Å². The van der Waals surface area contributed by atoms with Crippen LogP contribution in [0.1, 0.15) is 32.1 Å². The van der Waals surface area contributed by atoms with E-state index in [1.165, 1.54) is 32.1 Å². The number of rotatable bonds is 2. The van der Waals surface area contributed by atoms with Crippen molar-refractivity contribution < 1.29 is 0 Å². The Morgan fingerprint density at radius 3 is 2.39 bits per heavy atom. The molecule has 4 bridgehead atoms. The summed E-state index contributed by atoms with van der Waals surface area (Å²) >= 11 is 0. The molecule has 4 aliphatic carbocycles. The van der Waals surface area contributed by atoms with Crippen LogP contribution in [0.15, 0.2) is 17.6 Å². The first kappa shape index (κ1) is 10.9. The number of guanidine groups is 1. The van der Waals surface area contributed by atoms with E-state index < -0.39 is 0 Å². The second-order valence-electron chi connectivity index (χ2n) is 6.87. The highest BCUT2D eigenvalue weighted by Crippen LogP contribution is 2.61. The second-order valence-corrected chi connectivity index (χ2v) is 6.87. The van der Waals surface area contributed by atoms with Crippen LogP contribution in [0.5, 0.6) is 0 Å². The van der Waals surface area contributed by atoms with Gasteiger partial charge in [-0.1, -0.05) is 6.08 Å². The Hall–Kier alpha value is -0.990. The molecule has 0 saturated heterocycles. The Balaban J connectivity index is 1.72. The predicted octanol–water partition coefficient (Wildman–Crippen LogP) is 2.00. The van der Waals surface area contributed by atoms with E-state index in [0.717, 1.165) is 42.7 Å². The van der Waals surface area contributed by atoms with Crippen LogP contribution >= 0.6 is 0 Å². The summed E-state index contributed by atoms with van der Waals surface area (Å²) in [5, 5.41) is 0. The standard InChI is InChI=1S/C15H23N3/c1-2-3-18-14(16)17-9-15(18)12-5-10-4-11(7-12)8-13(15)6-10/h2,10-13H,1,3-9H2,(H2,16,17). The molecule has 5 aliphatic rings. The summed E-state index contributed by atoms with van der Waals surface area (Å²) in [7, 11) is 0. The molecule has 1 aliphatic heterocycles. The van der Waals surface area contributed by atoms with Crippen LogP contribution in [-0.2, 0) is 0 Å². The fourth-order valence-electron chi connectivity index (χ4n) is 5.68. The van der Waals surface area contributed by atoms with Gasteiger partial charge in [-0.2, -0.15) is 0 Å². The van der Waals surface area contributed by atoms with Gasteiger partial charge in [0.1, 0.15) is 0 Å². The third-order valence-corrected chi connectivity index (χ3v) is 6.14. The SMILES string of the molecule is C=CCN1C(N)=NCC12C1CC3CC(C1)CC2C3. The molecule has 0 atom stereocenters. The molecule has 0 aromatic rings. The van der Waals surface area contributed by atoms with Gasteiger partial charge in [-0.15, -0.1) is 6.58 Å². The largest absolute Gasteiger partial charge is 0.370 e. The van der Waals surface area contributed by atoms with E-state index in [2.05, 4.69) is 16.5 Å².